The lowest BCUT2D eigenvalue weighted by atomic mass is 9.79. The topological polar surface area (TPSA) is 102 Å². The Hall–Kier alpha value is -3.14. The fourth-order valence-electron chi connectivity index (χ4n) is 4.00. The standard InChI is InChI=1S/C21H23N5O2/c1-12-3-5-14(6-4-12)16-15(11-22)19(27)23-18-17(16)20(28)25-21(24-18)26-9-7-13(2)8-10-26/h3-6,13,15-16H,7-10H2,1-2H3,(H2,23,24,25,27,28)/t15-,16-/m1/s1. The van der Waals surface area contributed by atoms with Crippen LogP contribution in [0.2, 0.25) is 0 Å². The van der Waals surface area contributed by atoms with E-state index in [1.807, 2.05) is 36.1 Å². The smallest absolute Gasteiger partial charge is 0.258 e. The summed E-state index contributed by atoms with van der Waals surface area (Å²) in [4.78, 5) is 35.1. The molecule has 0 radical (unpaired) electrons. The molecule has 28 heavy (non-hydrogen) atoms. The van der Waals surface area contributed by atoms with Gasteiger partial charge in [-0.15, -0.1) is 0 Å². The van der Waals surface area contributed by atoms with Crippen LogP contribution in [0, 0.1) is 30.1 Å². The van der Waals surface area contributed by atoms with Crippen LogP contribution in [0.4, 0.5) is 11.8 Å². The fraction of sp³-hybridized carbons (Fsp3) is 0.429. The number of nitrogens with zero attached hydrogens (tertiary/aromatic N) is 3. The molecule has 144 valence electrons. The molecule has 1 aromatic carbocycles. The van der Waals surface area contributed by atoms with Crippen molar-refractivity contribution >= 4 is 17.7 Å². The van der Waals surface area contributed by atoms with E-state index in [1.54, 1.807) is 0 Å². The normalized spacial score (nSPS) is 22.3. The molecule has 2 N–H and O–H groups in total. The molecule has 7 heteroatoms. The van der Waals surface area contributed by atoms with Gasteiger partial charge in [0, 0.05) is 19.0 Å². The summed E-state index contributed by atoms with van der Waals surface area (Å²) in [5.74, 6) is -0.631. The third-order valence-corrected chi connectivity index (χ3v) is 5.77. The van der Waals surface area contributed by atoms with E-state index >= 15 is 0 Å². The maximum Gasteiger partial charge on any atom is 0.258 e. The van der Waals surface area contributed by atoms with Crippen LogP contribution in [0.3, 0.4) is 0 Å². The maximum absolute atomic E-state index is 13.0. The number of nitriles is 1. The lowest BCUT2D eigenvalue weighted by molar-refractivity contribution is -0.119. The van der Waals surface area contributed by atoms with Gasteiger partial charge in [-0.05, 0) is 31.2 Å². The number of carbonyl (C=O) groups is 1. The van der Waals surface area contributed by atoms with Gasteiger partial charge in [-0.1, -0.05) is 36.8 Å². The Morgan fingerprint density at radius 3 is 2.50 bits per heavy atom. The lowest BCUT2D eigenvalue weighted by Crippen LogP contribution is -2.40. The number of rotatable bonds is 2. The van der Waals surface area contributed by atoms with Crippen molar-refractivity contribution in [3.05, 3.63) is 51.3 Å². The second kappa shape index (κ2) is 7.12. The lowest BCUT2D eigenvalue weighted by Gasteiger charge is -2.33. The average Bonchev–Trinajstić information content (AvgIpc) is 2.68. The van der Waals surface area contributed by atoms with E-state index < -0.39 is 17.7 Å². The summed E-state index contributed by atoms with van der Waals surface area (Å²) in [6.45, 7) is 5.82. The summed E-state index contributed by atoms with van der Waals surface area (Å²) >= 11 is 0. The number of piperidine rings is 1. The van der Waals surface area contributed by atoms with Crippen molar-refractivity contribution < 1.29 is 4.79 Å². The highest BCUT2D eigenvalue weighted by molar-refractivity contribution is 5.97. The van der Waals surface area contributed by atoms with Gasteiger partial charge in [0.15, 0.2) is 0 Å². The van der Waals surface area contributed by atoms with E-state index in [1.165, 1.54) is 0 Å². The Kier molecular flexibility index (Phi) is 4.63. The van der Waals surface area contributed by atoms with Crippen molar-refractivity contribution in [2.24, 2.45) is 11.8 Å². The Morgan fingerprint density at radius 1 is 1.18 bits per heavy atom. The van der Waals surface area contributed by atoms with Gasteiger partial charge in [-0.3, -0.25) is 14.6 Å². The second-order valence-electron chi connectivity index (χ2n) is 7.81. The first-order valence-electron chi connectivity index (χ1n) is 9.64. The Labute approximate surface area is 163 Å². The number of aromatic amines is 1. The minimum Gasteiger partial charge on any atom is -0.342 e. The van der Waals surface area contributed by atoms with Crippen LogP contribution >= 0.6 is 0 Å². The van der Waals surface area contributed by atoms with Crippen LogP contribution in [0.1, 0.15) is 42.4 Å². The van der Waals surface area contributed by atoms with Crippen molar-refractivity contribution in [1.29, 1.82) is 5.26 Å². The van der Waals surface area contributed by atoms with E-state index in [0.29, 0.717) is 17.4 Å². The van der Waals surface area contributed by atoms with Gasteiger partial charge in [0.2, 0.25) is 11.9 Å². The zero-order valence-electron chi connectivity index (χ0n) is 16.0. The summed E-state index contributed by atoms with van der Waals surface area (Å²) in [7, 11) is 0. The van der Waals surface area contributed by atoms with Gasteiger partial charge < -0.3 is 10.2 Å². The predicted molar refractivity (Wildman–Crippen MR) is 106 cm³/mol. The molecule has 2 aliphatic heterocycles. The summed E-state index contributed by atoms with van der Waals surface area (Å²) in [6, 6.07) is 9.63. The van der Waals surface area contributed by atoms with E-state index in [2.05, 4.69) is 28.3 Å². The number of hydrogen-bond donors (Lipinski definition) is 2. The van der Waals surface area contributed by atoms with Crippen molar-refractivity contribution in [2.45, 2.75) is 32.6 Å². The van der Waals surface area contributed by atoms with Gasteiger partial charge in [0.05, 0.1) is 11.6 Å². The van der Waals surface area contributed by atoms with Crippen LogP contribution in [-0.2, 0) is 4.79 Å². The largest absolute Gasteiger partial charge is 0.342 e. The molecular formula is C21H23N5O2. The van der Waals surface area contributed by atoms with E-state index in [9.17, 15) is 14.9 Å². The molecule has 0 spiro atoms. The summed E-state index contributed by atoms with van der Waals surface area (Å²) < 4.78 is 0. The van der Waals surface area contributed by atoms with Gasteiger partial charge in [0.1, 0.15) is 11.7 Å². The molecule has 3 heterocycles. The summed E-state index contributed by atoms with van der Waals surface area (Å²) in [5.41, 5.74) is 1.88. The molecule has 4 rings (SSSR count). The molecule has 1 aromatic heterocycles. The van der Waals surface area contributed by atoms with Crippen LogP contribution < -0.4 is 15.8 Å². The molecule has 0 unspecified atom stereocenters. The van der Waals surface area contributed by atoms with Crippen molar-refractivity contribution in [3.63, 3.8) is 0 Å². The van der Waals surface area contributed by atoms with Crippen LogP contribution in [0.5, 0.6) is 0 Å². The number of carbonyl (C=O) groups excluding carboxylic acids is 1. The maximum atomic E-state index is 13.0. The van der Waals surface area contributed by atoms with Crippen LogP contribution in [0.15, 0.2) is 29.1 Å². The van der Waals surface area contributed by atoms with Crippen LogP contribution in [0.25, 0.3) is 0 Å². The summed E-state index contributed by atoms with van der Waals surface area (Å²) in [5, 5.41) is 12.3. The Balaban J connectivity index is 1.80. The molecule has 0 bridgehead atoms. The number of amides is 1. The number of H-pyrrole nitrogens is 1. The number of anilines is 2. The average molecular weight is 377 g/mol. The number of nitrogens with one attached hydrogen (secondary N) is 2. The van der Waals surface area contributed by atoms with E-state index in [4.69, 9.17) is 0 Å². The first-order valence-corrected chi connectivity index (χ1v) is 9.64. The number of benzene rings is 1. The Morgan fingerprint density at radius 2 is 1.86 bits per heavy atom. The molecule has 0 saturated carbocycles. The highest BCUT2D eigenvalue weighted by Gasteiger charge is 2.40. The number of hydrogen-bond acceptors (Lipinski definition) is 5. The second-order valence-corrected chi connectivity index (χ2v) is 7.81. The number of fused-ring (bicyclic) bond motifs is 1. The van der Waals surface area contributed by atoms with Gasteiger partial charge in [-0.25, -0.2) is 0 Å². The minimum atomic E-state index is -0.972. The highest BCUT2D eigenvalue weighted by atomic mass is 16.2. The molecule has 2 atom stereocenters. The molecule has 2 aliphatic rings. The van der Waals surface area contributed by atoms with Crippen LogP contribution in [-0.4, -0.2) is 29.0 Å². The first kappa shape index (κ1) is 18.2. The Bertz CT molecular complexity index is 997. The van der Waals surface area contributed by atoms with Crippen molar-refractivity contribution in [2.75, 3.05) is 23.3 Å². The molecule has 0 aliphatic carbocycles. The SMILES string of the molecule is Cc1ccc([C@H]2c3c(nc(N4CCC(C)CC4)[nH]c3=O)NC(=O)[C@@H]2C#N)cc1. The monoisotopic (exact) mass is 377 g/mol. The number of aryl methyl sites for hydroxylation is 1. The van der Waals surface area contributed by atoms with Crippen molar-refractivity contribution in [1.82, 2.24) is 9.97 Å². The molecule has 2 aromatic rings. The molecular weight excluding hydrogens is 354 g/mol. The minimum absolute atomic E-state index is 0.263. The van der Waals surface area contributed by atoms with Gasteiger partial charge in [-0.2, -0.15) is 10.2 Å². The third-order valence-electron chi connectivity index (χ3n) is 5.77. The van der Waals surface area contributed by atoms with Gasteiger partial charge in [0.25, 0.3) is 5.56 Å². The number of aromatic nitrogens is 2. The van der Waals surface area contributed by atoms with E-state index in [0.717, 1.165) is 37.1 Å². The fourth-order valence-corrected chi connectivity index (χ4v) is 4.00. The highest BCUT2D eigenvalue weighted by Crippen LogP contribution is 2.38. The third kappa shape index (κ3) is 3.15. The quantitative estimate of drug-likeness (QED) is 0.837. The van der Waals surface area contributed by atoms with Gasteiger partial charge >= 0.3 is 0 Å². The van der Waals surface area contributed by atoms with E-state index in [-0.39, 0.29) is 11.4 Å². The first-order chi connectivity index (χ1) is 13.5. The molecule has 7 nitrogen and oxygen atoms in total. The molecule has 1 saturated heterocycles. The predicted octanol–water partition coefficient (Wildman–Crippen LogP) is 2.54. The summed E-state index contributed by atoms with van der Waals surface area (Å²) in [6.07, 6.45) is 2.07. The zero-order valence-corrected chi connectivity index (χ0v) is 16.0. The molecule has 1 amide bonds. The van der Waals surface area contributed by atoms with Crippen molar-refractivity contribution in [3.8, 4) is 6.07 Å². The molecule has 1 fully saturated rings. The zero-order chi connectivity index (χ0) is 19.8.